The van der Waals surface area contributed by atoms with Crippen LogP contribution in [0.4, 0.5) is 5.82 Å². The molecule has 0 aliphatic carbocycles. The molecule has 0 bridgehead atoms. The maximum Gasteiger partial charge on any atom is 0.337 e. The van der Waals surface area contributed by atoms with Crippen LogP contribution >= 0.6 is 0 Å². The molecular weight excluding hydrogens is 392 g/mol. The number of nitrogens with one attached hydrogen (secondary N) is 1. The lowest BCUT2D eigenvalue weighted by Gasteiger charge is -2.19. The first-order chi connectivity index (χ1) is 14.9. The molecule has 1 aliphatic rings. The molecule has 1 aliphatic heterocycles. The summed E-state index contributed by atoms with van der Waals surface area (Å²) < 4.78 is 4.76. The average molecular weight is 421 g/mol. The lowest BCUT2D eigenvalue weighted by molar-refractivity contribution is -0.117. The van der Waals surface area contributed by atoms with Gasteiger partial charge in [-0.1, -0.05) is 17.9 Å². The Morgan fingerprint density at radius 2 is 2.06 bits per heavy atom. The summed E-state index contributed by atoms with van der Waals surface area (Å²) in [6.07, 6.45) is 2.70. The van der Waals surface area contributed by atoms with Gasteiger partial charge in [-0.15, -0.1) is 0 Å². The Hall–Kier alpha value is -3.21. The minimum Gasteiger partial charge on any atom is -0.465 e. The fraction of sp³-hybridized carbons (Fsp3) is 0.375. The number of anilines is 1. The van der Waals surface area contributed by atoms with Crippen molar-refractivity contribution >= 4 is 17.7 Å². The van der Waals surface area contributed by atoms with Crippen LogP contribution in [0.15, 0.2) is 36.5 Å². The van der Waals surface area contributed by atoms with Gasteiger partial charge < -0.3 is 15.0 Å². The fourth-order valence-corrected chi connectivity index (χ4v) is 3.45. The molecule has 0 radical (unpaired) electrons. The highest BCUT2D eigenvalue weighted by Gasteiger charge is 2.25. The van der Waals surface area contributed by atoms with Crippen LogP contribution in [0.2, 0.25) is 0 Å². The molecule has 3 rings (SSSR count). The van der Waals surface area contributed by atoms with Gasteiger partial charge in [0.15, 0.2) is 0 Å². The van der Waals surface area contributed by atoms with Crippen molar-refractivity contribution in [3.05, 3.63) is 58.8 Å². The Kier molecular flexibility index (Phi) is 7.40. The fourth-order valence-electron chi connectivity index (χ4n) is 3.45. The van der Waals surface area contributed by atoms with E-state index in [1.165, 1.54) is 7.11 Å². The third kappa shape index (κ3) is 6.14. The van der Waals surface area contributed by atoms with Gasteiger partial charge in [0.05, 0.1) is 19.2 Å². The van der Waals surface area contributed by atoms with Crippen molar-refractivity contribution in [2.75, 3.05) is 46.2 Å². The van der Waals surface area contributed by atoms with Crippen LogP contribution in [0, 0.1) is 18.8 Å². The molecule has 7 heteroatoms. The molecule has 31 heavy (non-hydrogen) atoms. The van der Waals surface area contributed by atoms with Gasteiger partial charge in [0.25, 0.3) is 0 Å². The smallest absolute Gasteiger partial charge is 0.337 e. The van der Waals surface area contributed by atoms with E-state index in [1.807, 2.05) is 19.1 Å². The Bertz CT molecular complexity index is 1010. The number of hydrogen-bond donors (Lipinski definition) is 1. The van der Waals surface area contributed by atoms with Crippen molar-refractivity contribution < 1.29 is 14.3 Å². The number of aryl methyl sites for hydroxylation is 1. The molecule has 1 aromatic heterocycles. The summed E-state index contributed by atoms with van der Waals surface area (Å²) in [5.74, 6) is 6.17. The summed E-state index contributed by atoms with van der Waals surface area (Å²) in [6.45, 7) is 4.13. The van der Waals surface area contributed by atoms with Gasteiger partial charge in [-0.05, 0) is 57.3 Å². The zero-order valence-electron chi connectivity index (χ0n) is 18.4. The summed E-state index contributed by atoms with van der Waals surface area (Å²) in [5, 5.41) is 2.84. The van der Waals surface area contributed by atoms with Crippen LogP contribution in [0.5, 0.6) is 0 Å². The van der Waals surface area contributed by atoms with Gasteiger partial charge >= 0.3 is 5.97 Å². The van der Waals surface area contributed by atoms with Crippen molar-refractivity contribution in [2.45, 2.75) is 19.4 Å². The van der Waals surface area contributed by atoms with E-state index >= 15 is 0 Å². The zero-order valence-corrected chi connectivity index (χ0v) is 18.4. The van der Waals surface area contributed by atoms with Gasteiger partial charge in [0.2, 0.25) is 5.91 Å². The molecule has 7 nitrogen and oxygen atoms in total. The van der Waals surface area contributed by atoms with Crippen LogP contribution in [-0.2, 0) is 9.53 Å². The molecule has 1 aromatic carbocycles. The number of nitrogens with zero attached hydrogens (tertiary/aromatic N) is 3. The summed E-state index contributed by atoms with van der Waals surface area (Å²) in [6, 6.07) is 9.33. The number of carbonyl (C=O) groups is 2. The van der Waals surface area contributed by atoms with Gasteiger partial charge in [-0.2, -0.15) is 0 Å². The van der Waals surface area contributed by atoms with Crippen LogP contribution in [0.1, 0.15) is 33.5 Å². The van der Waals surface area contributed by atoms with Crippen molar-refractivity contribution in [2.24, 2.45) is 0 Å². The van der Waals surface area contributed by atoms with Crippen molar-refractivity contribution in [1.82, 2.24) is 14.8 Å². The molecule has 2 aromatic rings. The molecule has 1 unspecified atom stereocenters. The molecule has 1 fully saturated rings. The zero-order chi connectivity index (χ0) is 22.4. The maximum atomic E-state index is 12.3. The summed E-state index contributed by atoms with van der Waals surface area (Å²) in [4.78, 5) is 32.7. The first kappa shape index (κ1) is 22.5. The lowest BCUT2D eigenvalue weighted by atomic mass is 10.0. The number of aromatic nitrogens is 1. The number of esters is 1. The number of ether oxygens (including phenoxy) is 1. The lowest BCUT2D eigenvalue weighted by Crippen LogP contribution is -2.35. The predicted molar refractivity (Wildman–Crippen MR) is 120 cm³/mol. The molecule has 162 valence electrons. The van der Waals surface area contributed by atoms with Crippen molar-refractivity contribution in [3.63, 3.8) is 0 Å². The highest BCUT2D eigenvalue weighted by atomic mass is 16.5. The highest BCUT2D eigenvalue weighted by molar-refractivity contribution is 5.91. The topological polar surface area (TPSA) is 74.8 Å². The van der Waals surface area contributed by atoms with E-state index in [9.17, 15) is 9.59 Å². The Labute approximate surface area is 183 Å². The van der Waals surface area contributed by atoms with Crippen molar-refractivity contribution in [3.8, 4) is 11.8 Å². The van der Waals surface area contributed by atoms with E-state index in [4.69, 9.17) is 4.74 Å². The van der Waals surface area contributed by atoms with Crippen LogP contribution in [0.25, 0.3) is 0 Å². The summed E-state index contributed by atoms with van der Waals surface area (Å²) >= 11 is 0. The Balaban J connectivity index is 1.59. The third-order valence-corrected chi connectivity index (χ3v) is 5.38. The van der Waals surface area contributed by atoms with E-state index in [0.717, 1.165) is 30.6 Å². The number of pyridine rings is 1. The molecule has 1 N–H and O–H groups in total. The number of hydrogen-bond acceptors (Lipinski definition) is 6. The van der Waals surface area contributed by atoms with Gasteiger partial charge in [-0.3, -0.25) is 9.69 Å². The molecule has 2 heterocycles. The monoisotopic (exact) mass is 420 g/mol. The molecule has 1 atom stereocenters. The second-order valence-corrected chi connectivity index (χ2v) is 7.89. The Morgan fingerprint density at radius 3 is 2.71 bits per heavy atom. The predicted octanol–water partition coefficient (Wildman–Crippen LogP) is 2.15. The molecular formula is C24H28N4O3. The summed E-state index contributed by atoms with van der Waals surface area (Å²) in [7, 11) is 5.49. The highest BCUT2D eigenvalue weighted by Crippen LogP contribution is 2.14. The number of likely N-dealkylation sites (tertiary alicyclic amines) is 1. The van der Waals surface area contributed by atoms with Crippen LogP contribution in [-0.4, -0.2) is 73.5 Å². The van der Waals surface area contributed by atoms with Gasteiger partial charge in [0, 0.05) is 36.5 Å². The molecule has 0 saturated carbocycles. The van der Waals surface area contributed by atoms with Crippen LogP contribution < -0.4 is 5.32 Å². The molecule has 1 amide bonds. The second kappa shape index (κ2) is 10.2. The number of carbonyl (C=O) groups excluding carboxylic acids is 2. The first-order valence-corrected chi connectivity index (χ1v) is 10.2. The quantitative estimate of drug-likeness (QED) is 0.590. The number of benzene rings is 1. The minimum atomic E-state index is -0.393. The normalized spacial score (nSPS) is 16.0. The standard InChI is InChI=1S/C24H28N4O3/c1-17-5-8-20(24(30)31-4)13-19(17)9-6-18-7-10-22(25-14-18)26-23(29)16-28-12-11-21(15-28)27(2)3/h5,7-8,10,13-14,21H,11-12,15-16H2,1-4H3,(H,25,26,29). The van der Waals surface area contributed by atoms with E-state index in [0.29, 0.717) is 29.5 Å². The second-order valence-electron chi connectivity index (χ2n) is 7.89. The Morgan fingerprint density at radius 1 is 1.26 bits per heavy atom. The average Bonchev–Trinajstić information content (AvgIpc) is 3.22. The third-order valence-electron chi connectivity index (χ3n) is 5.38. The molecule has 1 saturated heterocycles. The van der Waals surface area contributed by atoms with Gasteiger partial charge in [0.1, 0.15) is 5.82 Å². The van der Waals surface area contributed by atoms with E-state index in [-0.39, 0.29) is 5.91 Å². The SMILES string of the molecule is COC(=O)c1ccc(C)c(C#Cc2ccc(NC(=O)CN3CCC(N(C)C)C3)nc2)c1. The number of methoxy groups -OCH3 is 1. The van der Waals surface area contributed by atoms with Gasteiger partial charge in [-0.25, -0.2) is 9.78 Å². The number of likely N-dealkylation sites (N-methyl/N-ethyl adjacent to an activating group) is 1. The van der Waals surface area contributed by atoms with E-state index in [2.05, 4.69) is 46.0 Å². The van der Waals surface area contributed by atoms with E-state index < -0.39 is 5.97 Å². The maximum absolute atomic E-state index is 12.3. The molecule has 0 spiro atoms. The van der Waals surface area contributed by atoms with Crippen LogP contribution in [0.3, 0.4) is 0 Å². The van der Waals surface area contributed by atoms with E-state index in [1.54, 1.807) is 24.4 Å². The largest absolute Gasteiger partial charge is 0.465 e. The first-order valence-electron chi connectivity index (χ1n) is 10.2. The summed E-state index contributed by atoms with van der Waals surface area (Å²) in [5.41, 5.74) is 2.90. The number of amides is 1. The minimum absolute atomic E-state index is 0.0685. The number of rotatable bonds is 5. The van der Waals surface area contributed by atoms with Crippen molar-refractivity contribution in [1.29, 1.82) is 0 Å².